The van der Waals surface area contributed by atoms with Crippen molar-refractivity contribution in [2.24, 2.45) is 0 Å². The summed E-state index contributed by atoms with van der Waals surface area (Å²) in [5, 5.41) is 29.5. The van der Waals surface area contributed by atoms with Crippen LogP contribution in [0.5, 0.6) is 0 Å². The van der Waals surface area contributed by atoms with Crippen LogP contribution in [0.1, 0.15) is 34.7 Å². The van der Waals surface area contributed by atoms with E-state index in [0.29, 0.717) is 6.54 Å². The van der Waals surface area contributed by atoms with Gasteiger partial charge in [-0.15, -0.1) is 0 Å². The number of nitrogens with zero attached hydrogens (tertiary/aromatic N) is 1. The lowest BCUT2D eigenvalue weighted by Crippen LogP contribution is -2.37. The average Bonchev–Trinajstić information content (AvgIpc) is 3.43. The molecule has 2 aromatic carbocycles. The van der Waals surface area contributed by atoms with Gasteiger partial charge in [0.15, 0.2) is 0 Å². The molecule has 1 aliphatic carbocycles. The lowest BCUT2D eigenvalue weighted by molar-refractivity contribution is -0.124. The molecule has 7 nitrogen and oxygen atoms in total. The van der Waals surface area contributed by atoms with Gasteiger partial charge in [0.25, 0.3) is 5.91 Å². The highest BCUT2D eigenvalue weighted by Gasteiger charge is 2.29. The van der Waals surface area contributed by atoms with Gasteiger partial charge in [0.1, 0.15) is 0 Å². The van der Waals surface area contributed by atoms with Crippen LogP contribution in [0.3, 0.4) is 0 Å². The van der Waals surface area contributed by atoms with E-state index in [4.69, 9.17) is 5.21 Å². The Balaban J connectivity index is 1.52. The first-order valence-corrected chi connectivity index (χ1v) is 10.9. The second-order valence-electron chi connectivity index (χ2n) is 8.26. The molecule has 0 saturated carbocycles. The predicted octanol–water partition coefficient (Wildman–Crippen LogP) is 2.57. The second kappa shape index (κ2) is 10.1. The van der Waals surface area contributed by atoms with E-state index >= 15 is 0 Å². The fourth-order valence-electron chi connectivity index (χ4n) is 4.61. The molecule has 4 rings (SSSR count). The first kappa shape index (κ1) is 22.2. The van der Waals surface area contributed by atoms with Gasteiger partial charge in [-0.05, 0) is 53.7 Å². The largest absolute Gasteiger partial charge is 0.394 e. The zero-order chi connectivity index (χ0) is 22.5. The summed E-state index contributed by atoms with van der Waals surface area (Å²) in [6, 6.07) is 14.5. The van der Waals surface area contributed by atoms with Gasteiger partial charge in [-0.3, -0.25) is 14.9 Å². The number of hydroxylamine groups is 1. The van der Waals surface area contributed by atoms with Crippen molar-refractivity contribution < 1.29 is 20.2 Å². The minimum atomic E-state index is -0.791. The van der Waals surface area contributed by atoms with Crippen molar-refractivity contribution in [2.75, 3.05) is 19.7 Å². The van der Waals surface area contributed by atoms with Gasteiger partial charge in [0, 0.05) is 42.3 Å². The van der Waals surface area contributed by atoms with E-state index < -0.39 is 12.0 Å². The van der Waals surface area contributed by atoms with Gasteiger partial charge in [-0.2, -0.15) is 0 Å². The molecule has 168 valence electrons. The molecular weight excluding hydrogens is 406 g/mol. The number of aliphatic hydroxyl groups is 2. The van der Waals surface area contributed by atoms with Crippen LogP contribution in [0.4, 0.5) is 0 Å². The maximum atomic E-state index is 11.2. The molecule has 0 radical (unpaired) electrons. The minimum Gasteiger partial charge on any atom is -0.394 e. The third-order valence-corrected chi connectivity index (χ3v) is 6.19. The Morgan fingerprint density at radius 2 is 2.12 bits per heavy atom. The monoisotopic (exact) mass is 435 g/mol. The van der Waals surface area contributed by atoms with Crippen molar-refractivity contribution >= 4 is 22.9 Å². The number of fused-ring (bicyclic) bond motifs is 2. The number of H-pyrrole nitrogens is 1. The molecular formula is C25H29N3O4. The molecule has 5 N–H and O–H groups in total. The highest BCUT2D eigenvalue weighted by atomic mass is 16.5. The number of nitrogens with one attached hydrogen (secondary N) is 2. The fourth-order valence-corrected chi connectivity index (χ4v) is 4.61. The number of hydrogen-bond acceptors (Lipinski definition) is 5. The number of carbonyl (C=O) groups excluding carboxylic acids is 1. The predicted molar refractivity (Wildman–Crippen MR) is 123 cm³/mol. The smallest absolute Gasteiger partial charge is 0.267 e. The number of aromatic nitrogens is 1. The summed E-state index contributed by atoms with van der Waals surface area (Å²) < 4.78 is 0. The molecule has 1 aliphatic rings. The lowest BCUT2D eigenvalue weighted by Gasteiger charge is -2.31. The number of carbonyl (C=O) groups is 1. The molecule has 2 unspecified atom stereocenters. The van der Waals surface area contributed by atoms with Crippen molar-refractivity contribution in [3.8, 4) is 0 Å². The van der Waals surface area contributed by atoms with Crippen LogP contribution < -0.4 is 5.48 Å². The first-order chi connectivity index (χ1) is 15.6. The number of aromatic amines is 1. The summed E-state index contributed by atoms with van der Waals surface area (Å²) in [7, 11) is 0. The standard InChI is InChI=1S/C25H29N3O4/c29-16-20(30)15-28(12-11-19-14-26-23-4-2-1-3-21(19)23)24-9-7-18-13-17(5-8-22(18)24)6-10-25(31)27-32/h1-6,8,10,13-14,20,24,26,29-30,32H,7,9,11-12,15-16H2,(H,27,31)/b10-6+. The van der Waals surface area contributed by atoms with Crippen LogP contribution in [0.15, 0.2) is 54.7 Å². The van der Waals surface area contributed by atoms with Gasteiger partial charge < -0.3 is 15.2 Å². The van der Waals surface area contributed by atoms with Gasteiger partial charge in [0.2, 0.25) is 0 Å². The number of benzene rings is 2. The summed E-state index contributed by atoms with van der Waals surface area (Å²) in [5.74, 6) is -0.565. The van der Waals surface area contributed by atoms with E-state index in [1.54, 1.807) is 11.6 Å². The van der Waals surface area contributed by atoms with Crippen LogP contribution in [0.2, 0.25) is 0 Å². The molecule has 7 heteroatoms. The van der Waals surface area contributed by atoms with E-state index in [9.17, 15) is 15.0 Å². The summed E-state index contributed by atoms with van der Waals surface area (Å²) in [6.45, 7) is 0.905. The number of aryl methyl sites for hydroxylation is 1. The zero-order valence-corrected chi connectivity index (χ0v) is 17.9. The summed E-state index contributed by atoms with van der Waals surface area (Å²) in [6.07, 6.45) is 6.91. The highest BCUT2D eigenvalue weighted by Crippen LogP contribution is 2.37. The number of aliphatic hydroxyl groups excluding tert-OH is 2. The zero-order valence-electron chi connectivity index (χ0n) is 17.9. The molecule has 32 heavy (non-hydrogen) atoms. The molecule has 0 spiro atoms. The van der Waals surface area contributed by atoms with E-state index in [-0.39, 0.29) is 12.6 Å². The molecule has 1 aromatic heterocycles. The van der Waals surface area contributed by atoms with Gasteiger partial charge in [-0.1, -0.05) is 36.4 Å². The summed E-state index contributed by atoms with van der Waals surface area (Å²) in [5.41, 5.74) is 7.29. The fraction of sp³-hybridized carbons (Fsp3) is 0.320. The van der Waals surface area contributed by atoms with Crippen LogP contribution in [0, 0.1) is 0 Å². The molecule has 0 fully saturated rings. The first-order valence-electron chi connectivity index (χ1n) is 10.9. The van der Waals surface area contributed by atoms with Crippen LogP contribution in [-0.2, 0) is 17.6 Å². The molecule has 2 atom stereocenters. The Labute approximate surface area is 187 Å². The Morgan fingerprint density at radius 3 is 2.94 bits per heavy atom. The summed E-state index contributed by atoms with van der Waals surface area (Å²) >= 11 is 0. The van der Waals surface area contributed by atoms with Crippen molar-refractivity contribution in [2.45, 2.75) is 31.4 Å². The molecule has 0 aliphatic heterocycles. The highest BCUT2D eigenvalue weighted by molar-refractivity contribution is 5.90. The van der Waals surface area contributed by atoms with Crippen LogP contribution in [-0.4, -0.2) is 57.0 Å². The Hall–Kier alpha value is -2.97. The second-order valence-corrected chi connectivity index (χ2v) is 8.26. The third-order valence-electron chi connectivity index (χ3n) is 6.19. The number of hydrogen-bond donors (Lipinski definition) is 5. The summed E-state index contributed by atoms with van der Waals surface area (Å²) in [4.78, 5) is 16.8. The Kier molecular flexibility index (Phi) is 7.02. The van der Waals surface area contributed by atoms with Gasteiger partial charge in [-0.25, -0.2) is 5.48 Å². The molecule has 0 bridgehead atoms. The van der Waals surface area contributed by atoms with Crippen molar-refractivity contribution in [1.29, 1.82) is 0 Å². The SMILES string of the molecule is O=C(/C=C/c1ccc2c(c1)CCC2N(CCc1c[nH]c2ccccc12)CC(O)CO)NO. The van der Waals surface area contributed by atoms with Crippen LogP contribution >= 0.6 is 0 Å². The Morgan fingerprint density at radius 1 is 1.28 bits per heavy atom. The van der Waals surface area contributed by atoms with E-state index in [1.165, 1.54) is 28.2 Å². The molecule has 3 aromatic rings. The average molecular weight is 436 g/mol. The van der Waals surface area contributed by atoms with Gasteiger partial charge in [0.05, 0.1) is 12.7 Å². The number of rotatable bonds is 9. The van der Waals surface area contributed by atoms with E-state index in [2.05, 4.69) is 40.3 Å². The number of para-hydroxylation sites is 1. The molecule has 0 saturated heterocycles. The minimum absolute atomic E-state index is 0.162. The third kappa shape index (κ3) is 4.92. The van der Waals surface area contributed by atoms with Crippen molar-refractivity contribution in [3.63, 3.8) is 0 Å². The Bertz CT molecular complexity index is 1110. The van der Waals surface area contributed by atoms with E-state index in [0.717, 1.165) is 36.9 Å². The maximum Gasteiger partial charge on any atom is 0.267 e. The maximum absolute atomic E-state index is 11.2. The van der Waals surface area contributed by atoms with Crippen molar-refractivity contribution in [3.05, 3.63) is 77.0 Å². The lowest BCUT2D eigenvalue weighted by atomic mass is 10.0. The quantitative estimate of drug-likeness (QED) is 0.202. The topological polar surface area (TPSA) is 109 Å². The number of amides is 1. The van der Waals surface area contributed by atoms with E-state index in [1.807, 2.05) is 18.2 Å². The molecule has 1 amide bonds. The van der Waals surface area contributed by atoms with Crippen LogP contribution in [0.25, 0.3) is 17.0 Å². The normalized spacial score (nSPS) is 16.7. The molecule has 1 heterocycles. The van der Waals surface area contributed by atoms with Gasteiger partial charge >= 0.3 is 0 Å². The van der Waals surface area contributed by atoms with Crippen molar-refractivity contribution in [1.82, 2.24) is 15.4 Å².